The van der Waals surface area contributed by atoms with E-state index in [1.807, 2.05) is 13.0 Å². The molecule has 3 N–H and O–H groups in total. The third-order valence-corrected chi connectivity index (χ3v) is 5.09. The summed E-state index contributed by atoms with van der Waals surface area (Å²) in [5.74, 6) is 0. The van der Waals surface area contributed by atoms with Crippen LogP contribution in [0.4, 0.5) is 0 Å². The van der Waals surface area contributed by atoms with Gasteiger partial charge in [-0.25, -0.2) is 13.1 Å². The molecule has 100 valence electrons. The van der Waals surface area contributed by atoms with Crippen molar-refractivity contribution in [2.24, 2.45) is 5.73 Å². The van der Waals surface area contributed by atoms with E-state index in [4.69, 9.17) is 5.73 Å². The lowest BCUT2D eigenvalue weighted by Crippen LogP contribution is -2.44. The van der Waals surface area contributed by atoms with Gasteiger partial charge in [0.1, 0.15) is 4.21 Å². The topological polar surface area (TPSA) is 72.2 Å². The fraction of sp³-hybridized carbons (Fsp3) is 0.600. The Kier molecular flexibility index (Phi) is 6.10. The zero-order valence-corrected chi connectivity index (χ0v) is 12.6. The summed E-state index contributed by atoms with van der Waals surface area (Å²) < 4.78 is 26.6. The molecule has 1 heterocycles. The quantitative estimate of drug-likeness (QED) is 0.870. The predicted octanol–water partition coefficient (Wildman–Crippen LogP) is 1.75. The number of nitrogens with two attached hydrogens (primary N) is 1. The van der Waals surface area contributed by atoms with E-state index in [1.165, 1.54) is 11.3 Å². The highest BCUT2D eigenvalue weighted by Crippen LogP contribution is 2.21. The third kappa shape index (κ3) is 5.35. The van der Waals surface area contributed by atoms with E-state index < -0.39 is 15.6 Å². The van der Waals surface area contributed by atoms with Crippen molar-refractivity contribution in [3.63, 3.8) is 0 Å². The van der Waals surface area contributed by atoms with Gasteiger partial charge in [-0.05, 0) is 32.4 Å². The van der Waals surface area contributed by atoms with E-state index in [1.54, 1.807) is 19.9 Å². The molecule has 0 fully saturated rings. The number of sulfonamides is 1. The van der Waals surface area contributed by atoms with Crippen LogP contribution in [-0.2, 0) is 16.4 Å². The Morgan fingerprint density at radius 3 is 2.41 bits per heavy atom. The predicted molar refractivity (Wildman–Crippen MR) is 74.4 cm³/mol. The van der Waals surface area contributed by atoms with Crippen molar-refractivity contribution < 1.29 is 8.42 Å². The largest absolute Gasteiger partial charge is 0.324 e. The lowest BCUT2D eigenvalue weighted by Gasteiger charge is -2.18. The van der Waals surface area contributed by atoms with Crippen molar-refractivity contribution in [2.45, 2.75) is 36.9 Å². The van der Waals surface area contributed by atoms with Crippen molar-refractivity contribution >= 4 is 33.8 Å². The minimum absolute atomic E-state index is 0. The van der Waals surface area contributed by atoms with Crippen LogP contribution in [0.2, 0.25) is 0 Å². The first kappa shape index (κ1) is 16.9. The van der Waals surface area contributed by atoms with Crippen LogP contribution >= 0.6 is 23.7 Å². The Labute approximate surface area is 113 Å². The van der Waals surface area contributed by atoms with Gasteiger partial charge in [-0.3, -0.25) is 0 Å². The Bertz CT molecular complexity index is 449. The number of hydrogen-bond acceptors (Lipinski definition) is 4. The lowest BCUT2D eigenvalue weighted by molar-refractivity contribution is 0.498. The van der Waals surface area contributed by atoms with Gasteiger partial charge in [0, 0.05) is 17.0 Å². The molecule has 0 unspecified atom stereocenters. The molecule has 0 spiro atoms. The smallest absolute Gasteiger partial charge is 0.250 e. The molecular formula is C10H19ClN2O2S2. The average molecular weight is 299 g/mol. The molecule has 0 amide bonds. The fourth-order valence-electron chi connectivity index (χ4n) is 1.04. The normalized spacial score (nSPS) is 12.2. The van der Waals surface area contributed by atoms with Crippen LogP contribution in [0.15, 0.2) is 16.3 Å². The van der Waals surface area contributed by atoms with Crippen LogP contribution in [0.5, 0.6) is 0 Å². The van der Waals surface area contributed by atoms with Crippen molar-refractivity contribution in [2.75, 3.05) is 6.54 Å². The number of halogens is 1. The first-order valence-electron chi connectivity index (χ1n) is 5.12. The molecule has 0 saturated heterocycles. The molecule has 0 radical (unpaired) electrons. The molecule has 1 rings (SSSR count). The maximum Gasteiger partial charge on any atom is 0.250 e. The van der Waals surface area contributed by atoms with Gasteiger partial charge < -0.3 is 5.73 Å². The van der Waals surface area contributed by atoms with Gasteiger partial charge >= 0.3 is 0 Å². The SMILES string of the molecule is CCc1ccc(S(=O)(=O)NCC(C)(C)N)s1.Cl. The number of thiophene rings is 1. The van der Waals surface area contributed by atoms with Gasteiger partial charge in [-0.1, -0.05) is 6.92 Å². The average Bonchev–Trinajstić information content (AvgIpc) is 2.62. The highest BCUT2D eigenvalue weighted by Gasteiger charge is 2.20. The van der Waals surface area contributed by atoms with E-state index in [-0.39, 0.29) is 19.0 Å². The first-order chi connectivity index (χ1) is 7.24. The molecule has 0 aliphatic rings. The Hall–Kier alpha value is -0.140. The van der Waals surface area contributed by atoms with E-state index in [0.717, 1.165) is 11.3 Å². The van der Waals surface area contributed by atoms with Crippen LogP contribution in [0, 0.1) is 0 Å². The molecule has 0 saturated carbocycles. The highest BCUT2D eigenvalue weighted by atomic mass is 35.5. The molecule has 4 nitrogen and oxygen atoms in total. The molecule has 0 aliphatic heterocycles. The van der Waals surface area contributed by atoms with Crippen molar-refractivity contribution in [1.29, 1.82) is 0 Å². The molecule has 1 aromatic rings. The van der Waals surface area contributed by atoms with E-state index >= 15 is 0 Å². The summed E-state index contributed by atoms with van der Waals surface area (Å²) in [6, 6.07) is 3.47. The second kappa shape index (κ2) is 6.15. The Morgan fingerprint density at radius 2 is 2.00 bits per heavy atom. The monoisotopic (exact) mass is 298 g/mol. The molecule has 7 heteroatoms. The third-order valence-electron chi connectivity index (χ3n) is 1.97. The zero-order chi connectivity index (χ0) is 12.4. The molecule has 1 aromatic heterocycles. The Morgan fingerprint density at radius 1 is 1.41 bits per heavy atom. The lowest BCUT2D eigenvalue weighted by atomic mass is 10.1. The maximum absolute atomic E-state index is 11.9. The second-order valence-electron chi connectivity index (χ2n) is 4.39. The molecule has 0 bridgehead atoms. The maximum atomic E-state index is 11.9. The summed E-state index contributed by atoms with van der Waals surface area (Å²) in [7, 11) is -3.39. The Balaban J connectivity index is 0.00000256. The zero-order valence-electron chi connectivity index (χ0n) is 10.2. The van der Waals surface area contributed by atoms with Crippen molar-refractivity contribution in [1.82, 2.24) is 4.72 Å². The van der Waals surface area contributed by atoms with E-state index in [0.29, 0.717) is 4.21 Å². The van der Waals surface area contributed by atoms with Gasteiger partial charge in [0.2, 0.25) is 10.0 Å². The second-order valence-corrected chi connectivity index (χ2v) is 7.55. The number of rotatable bonds is 5. The van der Waals surface area contributed by atoms with Crippen molar-refractivity contribution in [3.8, 4) is 0 Å². The number of aryl methyl sites for hydroxylation is 1. The fourth-order valence-corrected chi connectivity index (χ4v) is 3.61. The first-order valence-corrected chi connectivity index (χ1v) is 7.42. The standard InChI is InChI=1S/C10H18N2O2S2.ClH/c1-4-8-5-6-9(15-8)16(13,14)12-7-10(2,3)11;/h5-6,12H,4,7,11H2,1-3H3;1H. The summed E-state index contributed by atoms with van der Waals surface area (Å²) in [4.78, 5) is 1.06. The molecule has 0 atom stereocenters. The number of hydrogen-bond donors (Lipinski definition) is 2. The van der Waals surface area contributed by atoms with Crippen LogP contribution in [0.25, 0.3) is 0 Å². The summed E-state index contributed by atoms with van der Waals surface area (Å²) in [6.45, 7) is 5.79. The van der Waals surface area contributed by atoms with E-state index in [9.17, 15) is 8.42 Å². The molecular weight excluding hydrogens is 280 g/mol. The van der Waals surface area contributed by atoms with Crippen LogP contribution in [0.1, 0.15) is 25.6 Å². The van der Waals surface area contributed by atoms with Crippen LogP contribution < -0.4 is 10.5 Å². The molecule has 17 heavy (non-hydrogen) atoms. The van der Waals surface area contributed by atoms with Gasteiger partial charge in [0.25, 0.3) is 0 Å². The van der Waals surface area contributed by atoms with Crippen LogP contribution in [0.3, 0.4) is 0 Å². The van der Waals surface area contributed by atoms with Crippen LogP contribution in [-0.4, -0.2) is 20.5 Å². The summed E-state index contributed by atoms with van der Waals surface area (Å²) in [5.41, 5.74) is 5.18. The van der Waals surface area contributed by atoms with Crippen molar-refractivity contribution in [3.05, 3.63) is 17.0 Å². The van der Waals surface area contributed by atoms with Gasteiger partial charge in [-0.15, -0.1) is 23.7 Å². The summed E-state index contributed by atoms with van der Waals surface area (Å²) in [6.07, 6.45) is 0.850. The van der Waals surface area contributed by atoms with Gasteiger partial charge in [0.15, 0.2) is 0 Å². The minimum Gasteiger partial charge on any atom is -0.324 e. The van der Waals surface area contributed by atoms with E-state index in [2.05, 4.69) is 4.72 Å². The van der Waals surface area contributed by atoms with Gasteiger partial charge in [-0.2, -0.15) is 0 Å². The highest BCUT2D eigenvalue weighted by molar-refractivity contribution is 7.91. The summed E-state index contributed by atoms with van der Waals surface area (Å²) in [5, 5.41) is 0. The molecule has 0 aliphatic carbocycles. The minimum atomic E-state index is -3.39. The summed E-state index contributed by atoms with van der Waals surface area (Å²) >= 11 is 1.30. The number of nitrogens with one attached hydrogen (secondary N) is 1. The van der Waals surface area contributed by atoms with Gasteiger partial charge in [0.05, 0.1) is 0 Å². The molecule has 0 aromatic carbocycles.